The molecule has 0 aliphatic carbocycles. The van der Waals surface area contributed by atoms with Gasteiger partial charge in [-0.3, -0.25) is 14.5 Å². The Balaban J connectivity index is 1.53. The van der Waals surface area contributed by atoms with Gasteiger partial charge in [0, 0.05) is 54.4 Å². The highest BCUT2D eigenvalue weighted by molar-refractivity contribution is 6.09. The van der Waals surface area contributed by atoms with Gasteiger partial charge in [0.15, 0.2) is 0 Å². The lowest BCUT2D eigenvalue weighted by Gasteiger charge is -2.26. The second-order valence-corrected chi connectivity index (χ2v) is 7.45. The highest BCUT2D eigenvalue weighted by Gasteiger charge is 2.13. The van der Waals surface area contributed by atoms with Gasteiger partial charge >= 0.3 is 0 Å². The molecule has 0 atom stereocenters. The van der Waals surface area contributed by atoms with E-state index in [1.54, 1.807) is 41.1 Å². The van der Waals surface area contributed by atoms with Gasteiger partial charge in [0.25, 0.3) is 11.5 Å². The molecular formula is C24H27N3O4. The lowest BCUT2D eigenvalue weighted by atomic mass is 10.1. The van der Waals surface area contributed by atoms with Crippen molar-refractivity contribution in [3.8, 4) is 5.75 Å². The van der Waals surface area contributed by atoms with Crippen LogP contribution in [0.5, 0.6) is 5.75 Å². The van der Waals surface area contributed by atoms with E-state index in [2.05, 4.69) is 10.2 Å². The summed E-state index contributed by atoms with van der Waals surface area (Å²) in [7, 11) is 0. The van der Waals surface area contributed by atoms with Gasteiger partial charge in [0.1, 0.15) is 5.75 Å². The summed E-state index contributed by atoms with van der Waals surface area (Å²) in [6, 6.07) is 14.3. The molecule has 1 N–H and O–H groups in total. The maximum absolute atomic E-state index is 13.0. The van der Waals surface area contributed by atoms with Crippen LogP contribution in [0.3, 0.4) is 0 Å². The summed E-state index contributed by atoms with van der Waals surface area (Å²) >= 11 is 0. The number of hydrogen-bond donors (Lipinski definition) is 1. The molecule has 2 heterocycles. The molecule has 7 nitrogen and oxygen atoms in total. The van der Waals surface area contributed by atoms with E-state index in [9.17, 15) is 9.59 Å². The molecule has 1 fully saturated rings. The van der Waals surface area contributed by atoms with E-state index < -0.39 is 0 Å². The van der Waals surface area contributed by atoms with E-state index in [-0.39, 0.29) is 11.5 Å². The Kier molecular flexibility index (Phi) is 6.64. The summed E-state index contributed by atoms with van der Waals surface area (Å²) in [4.78, 5) is 28.1. The predicted octanol–water partition coefficient (Wildman–Crippen LogP) is 2.98. The summed E-state index contributed by atoms with van der Waals surface area (Å²) < 4.78 is 12.6. The van der Waals surface area contributed by atoms with Crippen LogP contribution in [-0.2, 0) is 11.3 Å². The SMILES string of the molecule is CCOc1cccc(C(=O)Nc2cccc3c(=O)n(CCN4CCOCC4)ccc23)c1. The average molecular weight is 421 g/mol. The number of fused-ring (bicyclic) bond motifs is 1. The van der Waals surface area contributed by atoms with E-state index in [0.29, 0.717) is 35.5 Å². The Hall–Kier alpha value is -3.16. The molecule has 0 saturated carbocycles. The fourth-order valence-corrected chi connectivity index (χ4v) is 3.77. The van der Waals surface area contributed by atoms with Crippen molar-refractivity contribution in [1.82, 2.24) is 9.47 Å². The number of nitrogens with one attached hydrogen (secondary N) is 1. The minimum absolute atomic E-state index is 0.0554. The fraction of sp³-hybridized carbons (Fsp3) is 0.333. The van der Waals surface area contributed by atoms with Crippen molar-refractivity contribution in [3.05, 3.63) is 70.6 Å². The van der Waals surface area contributed by atoms with Gasteiger partial charge in [-0.25, -0.2) is 0 Å². The standard InChI is InChI=1S/C24H27N3O4/c1-2-31-19-6-3-5-18(17-19)23(28)25-22-8-4-7-21-20(22)9-10-27(24(21)29)12-11-26-13-15-30-16-14-26/h3-10,17H,2,11-16H2,1H3,(H,25,28). The van der Waals surface area contributed by atoms with Crippen LogP contribution in [0, 0.1) is 0 Å². The van der Waals surface area contributed by atoms with Crippen molar-refractivity contribution in [3.63, 3.8) is 0 Å². The Labute approximate surface area is 181 Å². The zero-order valence-electron chi connectivity index (χ0n) is 17.7. The Morgan fingerprint density at radius 3 is 2.68 bits per heavy atom. The molecule has 162 valence electrons. The van der Waals surface area contributed by atoms with Crippen LogP contribution in [0.15, 0.2) is 59.5 Å². The largest absolute Gasteiger partial charge is 0.494 e. The number of carbonyl (C=O) groups is 1. The second-order valence-electron chi connectivity index (χ2n) is 7.45. The summed E-state index contributed by atoms with van der Waals surface area (Å²) in [6.45, 7) is 7.12. The lowest BCUT2D eigenvalue weighted by Crippen LogP contribution is -2.39. The number of pyridine rings is 1. The van der Waals surface area contributed by atoms with Crippen LogP contribution in [-0.4, -0.2) is 54.8 Å². The number of carbonyl (C=O) groups excluding carboxylic acids is 1. The summed E-state index contributed by atoms with van der Waals surface area (Å²) in [6.07, 6.45) is 1.80. The fourth-order valence-electron chi connectivity index (χ4n) is 3.77. The van der Waals surface area contributed by atoms with Crippen LogP contribution in [0.4, 0.5) is 5.69 Å². The third-order valence-corrected chi connectivity index (χ3v) is 5.43. The molecule has 1 aromatic heterocycles. The summed E-state index contributed by atoms with van der Waals surface area (Å²) in [5.41, 5.74) is 1.06. The summed E-state index contributed by atoms with van der Waals surface area (Å²) in [5.74, 6) is 0.404. The Morgan fingerprint density at radius 2 is 1.87 bits per heavy atom. The van der Waals surface area contributed by atoms with Crippen LogP contribution in [0.2, 0.25) is 0 Å². The first-order valence-corrected chi connectivity index (χ1v) is 10.6. The topological polar surface area (TPSA) is 72.8 Å². The van der Waals surface area contributed by atoms with Gasteiger partial charge in [0.2, 0.25) is 0 Å². The van der Waals surface area contributed by atoms with Gasteiger partial charge in [0.05, 0.1) is 19.8 Å². The first-order chi connectivity index (χ1) is 15.2. The molecule has 1 aliphatic rings. The predicted molar refractivity (Wildman–Crippen MR) is 121 cm³/mol. The molecule has 31 heavy (non-hydrogen) atoms. The Bertz CT molecular complexity index is 1120. The quantitative estimate of drug-likeness (QED) is 0.635. The third kappa shape index (κ3) is 4.95. The van der Waals surface area contributed by atoms with Crippen molar-refractivity contribution in [2.45, 2.75) is 13.5 Å². The summed E-state index contributed by atoms with van der Waals surface area (Å²) in [5, 5.41) is 4.25. The Morgan fingerprint density at radius 1 is 1.06 bits per heavy atom. The van der Waals surface area contributed by atoms with Crippen molar-refractivity contribution < 1.29 is 14.3 Å². The van der Waals surface area contributed by atoms with Crippen molar-refractivity contribution >= 4 is 22.4 Å². The number of amides is 1. The molecule has 7 heteroatoms. The van der Waals surface area contributed by atoms with Gasteiger partial charge in [-0.05, 0) is 43.3 Å². The highest BCUT2D eigenvalue weighted by atomic mass is 16.5. The monoisotopic (exact) mass is 421 g/mol. The van der Waals surface area contributed by atoms with Gasteiger partial charge in [-0.2, -0.15) is 0 Å². The molecule has 1 saturated heterocycles. The normalized spacial score (nSPS) is 14.5. The van der Waals surface area contributed by atoms with E-state index in [4.69, 9.17) is 9.47 Å². The molecule has 2 aromatic carbocycles. The van der Waals surface area contributed by atoms with E-state index in [1.165, 1.54) is 0 Å². The van der Waals surface area contributed by atoms with Crippen LogP contribution in [0.1, 0.15) is 17.3 Å². The van der Waals surface area contributed by atoms with Crippen LogP contribution in [0.25, 0.3) is 10.8 Å². The molecule has 1 aliphatic heterocycles. The van der Waals surface area contributed by atoms with Gasteiger partial charge < -0.3 is 19.4 Å². The number of rotatable bonds is 7. The number of nitrogens with zero attached hydrogens (tertiary/aromatic N) is 2. The maximum atomic E-state index is 13.0. The lowest BCUT2D eigenvalue weighted by molar-refractivity contribution is 0.0363. The number of benzene rings is 2. The van der Waals surface area contributed by atoms with Crippen molar-refractivity contribution in [2.24, 2.45) is 0 Å². The first-order valence-electron chi connectivity index (χ1n) is 10.6. The van der Waals surface area contributed by atoms with E-state index in [0.717, 1.165) is 38.2 Å². The maximum Gasteiger partial charge on any atom is 0.258 e. The zero-order valence-corrected chi connectivity index (χ0v) is 17.7. The van der Waals surface area contributed by atoms with E-state index in [1.807, 2.05) is 25.1 Å². The van der Waals surface area contributed by atoms with Crippen LogP contribution >= 0.6 is 0 Å². The molecule has 3 aromatic rings. The molecule has 0 radical (unpaired) electrons. The molecule has 0 spiro atoms. The molecule has 0 unspecified atom stereocenters. The molecule has 1 amide bonds. The second kappa shape index (κ2) is 9.76. The van der Waals surface area contributed by atoms with Crippen molar-refractivity contribution in [1.29, 1.82) is 0 Å². The number of hydrogen-bond acceptors (Lipinski definition) is 5. The number of morpholine rings is 1. The molecule has 0 bridgehead atoms. The minimum Gasteiger partial charge on any atom is -0.494 e. The number of ether oxygens (including phenoxy) is 2. The van der Waals surface area contributed by atoms with Gasteiger partial charge in [-0.15, -0.1) is 0 Å². The third-order valence-electron chi connectivity index (χ3n) is 5.43. The van der Waals surface area contributed by atoms with Gasteiger partial charge in [-0.1, -0.05) is 12.1 Å². The molecular weight excluding hydrogens is 394 g/mol. The number of anilines is 1. The average Bonchev–Trinajstić information content (AvgIpc) is 2.80. The first kappa shape index (κ1) is 21.1. The van der Waals surface area contributed by atoms with E-state index >= 15 is 0 Å². The molecule has 4 rings (SSSR count). The van der Waals surface area contributed by atoms with Crippen LogP contribution < -0.4 is 15.6 Å². The zero-order chi connectivity index (χ0) is 21.6. The minimum atomic E-state index is -0.245. The highest BCUT2D eigenvalue weighted by Crippen LogP contribution is 2.22. The van der Waals surface area contributed by atoms with Crippen molar-refractivity contribution in [2.75, 3.05) is 44.8 Å². The smallest absolute Gasteiger partial charge is 0.258 e. The number of aromatic nitrogens is 1.